The van der Waals surface area contributed by atoms with Gasteiger partial charge in [-0.25, -0.2) is 4.68 Å². The summed E-state index contributed by atoms with van der Waals surface area (Å²) in [6.45, 7) is 1.64. The number of benzene rings is 2. The molecule has 5 rings (SSSR count). The maximum Gasteiger partial charge on any atom is 0.251 e. The van der Waals surface area contributed by atoms with Crippen molar-refractivity contribution in [3.05, 3.63) is 82.4 Å². The van der Waals surface area contributed by atoms with Gasteiger partial charge in [0.25, 0.3) is 5.91 Å². The summed E-state index contributed by atoms with van der Waals surface area (Å²) < 4.78 is 1.88. The van der Waals surface area contributed by atoms with Gasteiger partial charge in [0.1, 0.15) is 5.82 Å². The van der Waals surface area contributed by atoms with Crippen molar-refractivity contribution in [2.75, 3.05) is 11.4 Å². The molecule has 35 heavy (non-hydrogen) atoms. The molecule has 180 valence electrons. The Morgan fingerprint density at radius 3 is 2.69 bits per heavy atom. The van der Waals surface area contributed by atoms with E-state index in [9.17, 15) is 9.59 Å². The summed E-state index contributed by atoms with van der Waals surface area (Å²) in [5.41, 5.74) is 4.75. The number of nitrogens with one attached hydrogen (secondary N) is 1. The predicted octanol–water partition coefficient (Wildman–Crippen LogP) is 5.76. The molecule has 1 aliphatic heterocycles. The molecule has 1 aromatic heterocycles. The second kappa shape index (κ2) is 10.5. The maximum atomic E-state index is 12.8. The molecule has 0 spiro atoms. The van der Waals surface area contributed by atoms with Crippen molar-refractivity contribution < 1.29 is 9.59 Å². The fraction of sp³-hybridized carbons (Fsp3) is 0.321. The van der Waals surface area contributed by atoms with Crippen LogP contribution in [0.4, 0.5) is 5.82 Å². The SMILES string of the molecule is O=C(NCCC1=CCCCC1)c1ccc(CN2C(=O)CCn3nc(-c4cccc(Cl)c4)cc32)cc1. The molecule has 0 saturated heterocycles. The Balaban J connectivity index is 1.24. The molecule has 0 bridgehead atoms. The lowest BCUT2D eigenvalue weighted by molar-refractivity contribution is -0.119. The van der Waals surface area contributed by atoms with E-state index in [1.807, 2.05) is 59.3 Å². The first-order chi connectivity index (χ1) is 17.1. The Bertz CT molecular complexity index is 1260. The molecular formula is C28H29ClN4O2. The standard InChI is InChI=1S/C28H29ClN4O2/c29-24-8-4-7-23(17-24)25-18-26-32(27(34)14-16-33(26)31-25)19-21-9-11-22(12-10-21)28(35)30-15-13-20-5-2-1-3-6-20/h4-5,7-12,17-18H,1-3,6,13-16,19H2,(H,30,35). The summed E-state index contributed by atoms with van der Waals surface area (Å²) in [6.07, 6.45) is 8.48. The number of carbonyl (C=O) groups is 2. The zero-order valence-corrected chi connectivity index (χ0v) is 20.4. The van der Waals surface area contributed by atoms with Gasteiger partial charge in [-0.3, -0.25) is 14.5 Å². The van der Waals surface area contributed by atoms with Gasteiger partial charge in [-0.2, -0.15) is 5.10 Å². The number of nitrogens with zero attached hydrogens (tertiary/aromatic N) is 3. The third-order valence-corrected chi connectivity index (χ3v) is 6.90. The molecule has 2 aromatic carbocycles. The molecule has 0 atom stereocenters. The van der Waals surface area contributed by atoms with Crippen LogP contribution in [-0.2, 0) is 17.9 Å². The number of aromatic nitrogens is 2. The number of rotatable bonds is 7. The van der Waals surface area contributed by atoms with Crippen molar-refractivity contribution in [1.29, 1.82) is 0 Å². The summed E-state index contributed by atoms with van der Waals surface area (Å²) in [5.74, 6) is 0.773. The van der Waals surface area contributed by atoms with Gasteiger partial charge < -0.3 is 5.32 Å². The van der Waals surface area contributed by atoms with Crippen molar-refractivity contribution in [1.82, 2.24) is 15.1 Å². The highest BCUT2D eigenvalue weighted by Crippen LogP contribution is 2.30. The first-order valence-electron chi connectivity index (χ1n) is 12.3. The smallest absolute Gasteiger partial charge is 0.251 e. The van der Waals surface area contributed by atoms with Crippen LogP contribution in [0.5, 0.6) is 0 Å². The van der Waals surface area contributed by atoms with Gasteiger partial charge in [-0.15, -0.1) is 0 Å². The minimum absolute atomic E-state index is 0.0637. The molecular weight excluding hydrogens is 460 g/mol. The normalized spacial score (nSPS) is 15.5. The molecule has 0 unspecified atom stereocenters. The van der Waals surface area contributed by atoms with E-state index in [4.69, 9.17) is 16.7 Å². The van der Waals surface area contributed by atoms with Gasteiger partial charge in [-0.1, -0.05) is 47.5 Å². The van der Waals surface area contributed by atoms with Crippen LogP contribution in [0, 0.1) is 0 Å². The molecule has 0 saturated carbocycles. The third-order valence-electron chi connectivity index (χ3n) is 6.67. The maximum absolute atomic E-state index is 12.8. The molecule has 2 aliphatic rings. The van der Waals surface area contributed by atoms with Crippen LogP contribution in [0.2, 0.25) is 5.02 Å². The summed E-state index contributed by atoms with van der Waals surface area (Å²) in [7, 11) is 0. The molecule has 2 heterocycles. The Kier molecular flexibility index (Phi) is 7.00. The van der Waals surface area contributed by atoms with Crippen molar-refractivity contribution in [3.63, 3.8) is 0 Å². The lowest BCUT2D eigenvalue weighted by Crippen LogP contribution is -2.36. The number of allylic oxidation sites excluding steroid dienone is 1. The highest BCUT2D eigenvalue weighted by molar-refractivity contribution is 6.30. The fourth-order valence-electron chi connectivity index (χ4n) is 4.73. The lowest BCUT2D eigenvalue weighted by Gasteiger charge is -2.27. The van der Waals surface area contributed by atoms with E-state index in [2.05, 4.69) is 11.4 Å². The van der Waals surface area contributed by atoms with Gasteiger partial charge in [0.2, 0.25) is 5.91 Å². The van der Waals surface area contributed by atoms with E-state index in [-0.39, 0.29) is 11.8 Å². The van der Waals surface area contributed by atoms with Crippen LogP contribution in [-0.4, -0.2) is 28.1 Å². The van der Waals surface area contributed by atoms with Gasteiger partial charge in [0.15, 0.2) is 0 Å². The van der Waals surface area contributed by atoms with E-state index < -0.39 is 0 Å². The number of halogens is 1. The monoisotopic (exact) mass is 488 g/mol. The second-order valence-electron chi connectivity index (χ2n) is 9.16. The van der Waals surface area contributed by atoms with E-state index >= 15 is 0 Å². The van der Waals surface area contributed by atoms with Gasteiger partial charge >= 0.3 is 0 Å². The van der Waals surface area contributed by atoms with E-state index in [0.717, 1.165) is 41.9 Å². The molecule has 3 aromatic rings. The number of hydrogen-bond acceptors (Lipinski definition) is 3. The first-order valence-corrected chi connectivity index (χ1v) is 12.6. The van der Waals surface area contributed by atoms with Crippen molar-refractivity contribution in [2.24, 2.45) is 0 Å². The number of carbonyl (C=O) groups excluding carboxylic acids is 2. The summed E-state index contributed by atoms with van der Waals surface area (Å²) in [5, 5.41) is 8.37. The van der Waals surface area contributed by atoms with Crippen LogP contribution >= 0.6 is 11.6 Å². The van der Waals surface area contributed by atoms with Crippen molar-refractivity contribution in [3.8, 4) is 11.3 Å². The lowest BCUT2D eigenvalue weighted by atomic mass is 9.97. The average molecular weight is 489 g/mol. The number of anilines is 1. The molecule has 1 N–H and O–H groups in total. The highest BCUT2D eigenvalue weighted by atomic mass is 35.5. The van der Waals surface area contributed by atoms with Crippen LogP contribution in [0.25, 0.3) is 11.3 Å². The summed E-state index contributed by atoms with van der Waals surface area (Å²) >= 11 is 6.15. The summed E-state index contributed by atoms with van der Waals surface area (Å²) in [6, 6.07) is 17.0. The molecule has 1 aliphatic carbocycles. The second-order valence-corrected chi connectivity index (χ2v) is 9.60. The Morgan fingerprint density at radius 2 is 1.91 bits per heavy atom. The molecule has 7 heteroatoms. The minimum Gasteiger partial charge on any atom is -0.352 e. The fourth-order valence-corrected chi connectivity index (χ4v) is 4.92. The highest BCUT2D eigenvalue weighted by Gasteiger charge is 2.26. The summed E-state index contributed by atoms with van der Waals surface area (Å²) in [4.78, 5) is 27.1. The topological polar surface area (TPSA) is 67.2 Å². The zero-order valence-electron chi connectivity index (χ0n) is 19.7. The van der Waals surface area contributed by atoms with Gasteiger partial charge in [0, 0.05) is 35.2 Å². The van der Waals surface area contributed by atoms with E-state index in [1.54, 1.807) is 4.90 Å². The number of aryl methyl sites for hydroxylation is 1. The van der Waals surface area contributed by atoms with Crippen LogP contribution in [0.3, 0.4) is 0 Å². The zero-order chi connectivity index (χ0) is 24.2. The number of amides is 2. The van der Waals surface area contributed by atoms with E-state index in [0.29, 0.717) is 36.6 Å². The third kappa shape index (κ3) is 5.49. The van der Waals surface area contributed by atoms with Crippen molar-refractivity contribution in [2.45, 2.75) is 51.6 Å². The molecule has 0 radical (unpaired) electrons. The Labute approximate surface area is 210 Å². The Morgan fingerprint density at radius 1 is 1.06 bits per heavy atom. The van der Waals surface area contributed by atoms with Crippen LogP contribution in [0.1, 0.15) is 54.4 Å². The molecule has 2 amide bonds. The van der Waals surface area contributed by atoms with Crippen LogP contribution in [0.15, 0.2) is 66.2 Å². The van der Waals surface area contributed by atoms with E-state index in [1.165, 1.54) is 18.4 Å². The molecule has 0 fully saturated rings. The van der Waals surface area contributed by atoms with Gasteiger partial charge in [0.05, 0.1) is 18.8 Å². The number of hydrogen-bond donors (Lipinski definition) is 1. The predicted molar refractivity (Wildman–Crippen MR) is 138 cm³/mol. The van der Waals surface area contributed by atoms with Crippen molar-refractivity contribution >= 4 is 29.2 Å². The largest absolute Gasteiger partial charge is 0.352 e. The molecule has 6 nitrogen and oxygen atoms in total. The Hall–Kier alpha value is -3.38. The average Bonchev–Trinajstić information content (AvgIpc) is 3.32. The quantitative estimate of drug-likeness (QED) is 0.430. The number of fused-ring (bicyclic) bond motifs is 1. The first kappa shape index (κ1) is 23.4. The minimum atomic E-state index is -0.0637. The van der Waals surface area contributed by atoms with Crippen LogP contribution < -0.4 is 10.2 Å². The van der Waals surface area contributed by atoms with Gasteiger partial charge in [-0.05, 0) is 61.9 Å².